The van der Waals surface area contributed by atoms with Crippen molar-refractivity contribution in [3.8, 4) is 0 Å². The molecule has 0 saturated carbocycles. The van der Waals surface area contributed by atoms with E-state index in [2.05, 4.69) is 0 Å². The Hall–Kier alpha value is -1.62. The Kier molecular flexibility index (Phi) is 5.63. The summed E-state index contributed by atoms with van der Waals surface area (Å²) in [6.45, 7) is 7.44. The second kappa shape index (κ2) is 7.30. The highest BCUT2D eigenvalue weighted by Gasteiger charge is 2.31. The molecule has 23 heavy (non-hydrogen) atoms. The van der Waals surface area contributed by atoms with Crippen molar-refractivity contribution in [2.24, 2.45) is 11.7 Å². The first-order valence-corrected chi connectivity index (χ1v) is 8.23. The van der Waals surface area contributed by atoms with Gasteiger partial charge in [0.25, 0.3) is 0 Å². The smallest absolute Gasteiger partial charge is 0.410 e. The SMILES string of the molecule is CC(C)(C)OC(=O)N1CCCC(C(CN)c2ccc(F)cc2)C1. The van der Waals surface area contributed by atoms with Crippen molar-refractivity contribution in [3.63, 3.8) is 0 Å². The number of piperidine rings is 1. The number of carbonyl (C=O) groups is 1. The molecule has 5 heteroatoms. The minimum absolute atomic E-state index is 0.126. The number of amides is 1. The average Bonchev–Trinajstić information content (AvgIpc) is 2.48. The molecule has 1 amide bonds. The van der Waals surface area contributed by atoms with E-state index in [1.807, 2.05) is 20.8 Å². The average molecular weight is 322 g/mol. The lowest BCUT2D eigenvalue weighted by atomic mass is 9.81. The standard InChI is InChI=1S/C18H27FN2O2/c1-18(2,3)23-17(22)21-10-4-5-14(12-21)16(11-20)13-6-8-15(19)9-7-13/h6-9,14,16H,4-5,10-12,20H2,1-3H3. The number of rotatable bonds is 3. The first-order valence-electron chi connectivity index (χ1n) is 8.23. The van der Waals surface area contributed by atoms with Gasteiger partial charge in [-0.1, -0.05) is 12.1 Å². The van der Waals surface area contributed by atoms with E-state index >= 15 is 0 Å². The molecule has 1 aromatic rings. The van der Waals surface area contributed by atoms with E-state index in [1.54, 1.807) is 17.0 Å². The van der Waals surface area contributed by atoms with Crippen LogP contribution < -0.4 is 5.73 Å². The normalized spacial score (nSPS) is 20.2. The fourth-order valence-electron chi connectivity index (χ4n) is 3.14. The van der Waals surface area contributed by atoms with E-state index in [0.29, 0.717) is 19.6 Å². The molecule has 2 unspecified atom stereocenters. The Labute approximate surface area is 137 Å². The summed E-state index contributed by atoms with van der Waals surface area (Å²) in [6, 6.07) is 6.51. The van der Waals surface area contributed by atoms with Gasteiger partial charge in [0.2, 0.25) is 0 Å². The monoisotopic (exact) mass is 322 g/mol. The molecular weight excluding hydrogens is 295 g/mol. The molecular formula is C18H27FN2O2. The van der Waals surface area contributed by atoms with Crippen LogP contribution in [0.1, 0.15) is 45.1 Å². The largest absolute Gasteiger partial charge is 0.444 e. The summed E-state index contributed by atoms with van der Waals surface area (Å²) in [4.78, 5) is 14.0. The van der Waals surface area contributed by atoms with E-state index in [1.165, 1.54) is 12.1 Å². The Morgan fingerprint density at radius 2 is 2.04 bits per heavy atom. The molecule has 1 fully saturated rings. The van der Waals surface area contributed by atoms with Gasteiger partial charge in [-0.25, -0.2) is 9.18 Å². The van der Waals surface area contributed by atoms with Gasteiger partial charge < -0.3 is 15.4 Å². The Morgan fingerprint density at radius 3 is 2.61 bits per heavy atom. The number of likely N-dealkylation sites (tertiary alicyclic amines) is 1. The molecule has 0 spiro atoms. The third-order valence-corrected chi connectivity index (χ3v) is 4.23. The van der Waals surface area contributed by atoms with Crippen molar-refractivity contribution < 1.29 is 13.9 Å². The summed E-state index contributed by atoms with van der Waals surface area (Å²) < 4.78 is 18.6. The van der Waals surface area contributed by atoms with E-state index in [4.69, 9.17) is 10.5 Å². The highest BCUT2D eigenvalue weighted by atomic mass is 19.1. The number of nitrogens with zero attached hydrogens (tertiary/aromatic N) is 1. The zero-order valence-electron chi connectivity index (χ0n) is 14.2. The molecule has 2 atom stereocenters. The minimum Gasteiger partial charge on any atom is -0.444 e. The van der Waals surface area contributed by atoms with Gasteiger partial charge in [0.1, 0.15) is 11.4 Å². The van der Waals surface area contributed by atoms with Crippen molar-refractivity contribution in [1.29, 1.82) is 0 Å². The van der Waals surface area contributed by atoms with Crippen LogP contribution in [0.3, 0.4) is 0 Å². The number of ether oxygens (including phenoxy) is 1. The molecule has 0 aromatic heterocycles. The molecule has 0 radical (unpaired) electrons. The zero-order chi connectivity index (χ0) is 17.0. The molecule has 1 aliphatic rings. The van der Waals surface area contributed by atoms with E-state index in [9.17, 15) is 9.18 Å². The van der Waals surface area contributed by atoms with Crippen LogP contribution in [0.25, 0.3) is 0 Å². The molecule has 0 aliphatic carbocycles. The number of hydrogen-bond donors (Lipinski definition) is 1. The molecule has 128 valence electrons. The highest BCUT2D eigenvalue weighted by Crippen LogP contribution is 2.31. The summed E-state index contributed by atoms with van der Waals surface area (Å²) in [6.07, 6.45) is 1.68. The molecule has 1 saturated heterocycles. The maximum Gasteiger partial charge on any atom is 0.410 e. The quantitative estimate of drug-likeness (QED) is 0.926. The summed E-state index contributed by atoms with van der Waals surface area (Å²) in [5, 5.41) is 0. The predicted molar refractivity (Wildman–Crippen MR) is 88.7 cm³/mol. The van der Waals surface area contributed by atoms with Crippen LogP contribution in [0.15, 0.2) is 24.3 Å². The Bertz CT molecular complexity index is 525. The Morgan fingerprint density at radius 1 is 1.39 bits per heavy atom. The van der Waals surface area contributed by atoms with Crippen LogP contribution in [-0.2, 0) is 4.74 Å². The molecule has 1 heterocycles. The summed E-state index contributed by atoms with van der Waals surface area (Å²) in [5.74, 6) is 0.149. The lowest BCUT2D eigenvalue weighted by molar-refractivity contribution is 0.0152. The second-order valence-electron chi connectivity index (χ2n) is 7.22. The maximum absolute atomic E-state index is 13.1. The minimum atomic E-state index is -0.492. The van der Waals surface area contributed by atoms with Gasteiger partial charge in [0.05, 0.1) is 0 Å². The van der Waals surface area contributed by atoms with Crippen molar-refractivity contribution in [2.45, 2.75) is 45.1 Å². The summed E-state index contributed by atoms with van der Waals surface area (Å²) in [7, 11) is 0. The third kappa shape index (κ3) is 4.93. The van der Waals surface area contributed by atoms with Crippen molar-refractivity contribution in [3.05, 3.63) is 35.6 Å². The van der Waals surface area contributed by atoms with Crippen LogP contribution in [0, 0.1) is 11.7 Å². The van der Waals surface area contributed by atoms with Crippen LogP contribution in [0.5, 0.6) is 0 Å². The van der Waals surface area contributed by atoms with E-state index < -0.39 is 5.60 Å². The lowest BCUT2D eigenvalue weighted by Crippen LogP contribution is -2.44. The highest BCUT2D eigenvalue weighted by molar-refractivity contribution is 5.68. The van der Waals surface area contributed by atoms with Crippen molar-refractivity contribution in [1.82, 2.24) is 4.90 Å². The van der Waals surface area contributed by atoms with E-state index in [0.717, 1.165) is 18.4 Å². The van der Waals surface area contributed by atoms with Crippen LogP contribution in [0.2, 0.25) is 0 Å². The first kappa shape index (κ1) is 17.7. The second-order valence-corrected chi connectivity index (χ2v) is 7.22. The molecule has 4 nitrogen and oxygen atoms in total. The molecule has 2 N–H and O–H groups in total. The van der Waals surface area contributed by atoms with Crippen LogP contribution >= 0.6 is 0 Å². The fraction of sp³-hybridized carbons (Fsp3) is 0.611. The van der Waals surface area contributed by atoms with Crippen LogP contribution in [-0.4, -0.2) is 36.2 Å². The van der Waals surface area contributed by atoms with Crippen molar-refractivity contribution >= 4 is 6.09 Å². The number of carbonyl (C=O) groups excluding carboxylic acids is 1. The third-order valence-electron chi connectivity index (χ3n) is 4.23. The lowest BCUT2D eigenvalue weighted by Gasteiger charge is -2.37. The molecule has 2 rings (SSSR count). The zero-order valence-corrected chi connectivity index (χ0v) is 14.2. The first-order chi connectivity index (χ1) is 10.8. The number of benzene rings is 1. The maximum atomic E-state index is 13.1. The van der Waals surface area contributed by atoms with Gasteiger partial charge in [0.15, 0.2) is 0 Å². The van der Waals surface area contributed by atoms with Crippen molar-refractivity contribution in [2.75, 3.05) is 19.6 Å². The van der Waals surface area contributed by atoms with E-state index in [-0.39, 0.29) is 23.7 Å². The van der Waals surface area contributed by atoms with Gasteiger partial charge in [-0.2, -0.15) is 0 Å². The van der Waals surface area contributed by atoms with Gasteiger partial charge >= 0.3 is 6.09 Å². The fourth-order valence-corrected chi connectivity index (χ4v) is 3.14. The topological polar surface area (TPSA) is 55.6 Å². The van der Waals surface area contributed by atoms with Gasteiger partial charge in [0, 0.05) is 19.0 Å². The molecule has 1 aliphatic heterocycles. The van der Waals surface area contributed by atoms with Gasteiger partial charge in [-0.05, 0) is 63.8 Å². The van der Waals surface area contributed by atoms with Gasteiger partial charge in [-0.15, -0.1) is 0 Å². The molecule has 0 bridgehead atoms. The van der Waals surface area contributed by atoms with Gasteiger partial charge in [-0.3, -0.25) is 0 Å². The number of nitrogens with two attached hydrogens (primary N) is 1. The summed E-state index contributed by atoms with van der Waals surface area (Å²) >= 11 is 0. The predicted octanol–water partition coefficient (Wildman–Crippen LogP) is 3.52. The van der Waals surface area contributed by atoms with Crippen LogP contribution in [0.4, 0.5) is 9.18 Å². The number of hydrogen-bond acceptors (Lipinski definition) is 3. The molecule has 1 aromatic carbocycles. The summed E-state index contributed by atoms with van der Waals surface area (Å²) in [5.41, 5.74) is 6.51. The number of halogens is 1. The Balaban J connectivity index is 2.06.